The summed E-state index contributed by atoms with van der Waals surface area (Å²) >= 11 is 0. The zero-order valence-corrected chi connectivity index (χ0v) is 17.9. The number of aromatic nitrogens is 3. The molecule has 1 atom stereocenters. The standard InChI is InChI=1S/C19H26N6O4S/c1-13(26)24-10-6-15(7-11-24)25-9-3-4-16(25)19-21-18(22-29-19)14-5-8-20-17(12-14)23-30(2,27)28/h5,8,12,15-16H,3-4,6-7,9-11H2,1-2H3,(H,20,23)/t16-/m0/s1. The molecule has 2 fully saturated rings. The van der Waals surface area contributed by atoms with Gasteiger partial charge >= 0.3 is 0 Å². The summed E-state index contributed by atoms with van der Waals surface area (Å²) in [4.78, 5) is 24.5. The van der Waals surface area contributed by atoms with Gasteiger partial charge in [0.05, 0.1) is 12.3 Å². The zero-order chi connectivity index (χ0) is 21.3. The highest BCUT2D eigenvalue weighted by Gasteiger charge is 2.37. The van der Waals surface area contributed by atoms with E-state index in [1.54, 1.807) is 19.1 Å². The highest BCUT2D eigenvalue weighted by Crippen LogP contribution is 2.36. The number of nitrogens with one attached hydrogen (secondary N) is 1. The molecule has 1 amide bonds. The quantitative estimate of drug-likeness (QED) is 0.754. The smallest absolute Gasteiger partial charge is 0.244 e. The highest BCUT2D eigenvalue weighted by atomic mass is 32.2. The molecule has 2 saturated heterocycles. The van der Waals surface area contributed by atoms with E-state index in [0.717, 1.165) is 51.6 Å². The summed E-state index contributed by atoms with van der Waals surface area (Å²) in [5.41, 5.74) is 0.630. The Morgan fingerprint density at radius 3 is 2.70 bits per heavy atom. The average molecular weight is 435 g/mol. The molecule has 4 heterocycles. The normalized spacial score (nSPS) is 21.1. The molecular weight excluding hydrogens is 408 g/mol. The van der Waals surface area contributed by atoms with Crippen molar-refractivity contribution in [1.29, 1.82) is 0 Å². The van der Waals surface area contributed by atoms with Gasteiger partial charge in [0.15, 0.2) is 0 Å². The van der Waals surface area contributed by atoms with Crippen LogP contribution in [-0.4, -0.2) is 71.2 Å². The van der Waals surface area contributed by atoms with Crippen LogP contribution in [0.25, 0.3) is 11.4 Å². The Labute approximate surface area is 175 Å². The molecule has 1 N–H and O–H groups in total. The van der Waals surface area contributed by atoms with Crippen molar-refractivity contribution < 1.29 is 17.7 Å². The first kappa shape index (κ1) is 20.7. The SMILES string of the molecule is CC(=O)N1CCC(N2CCC[C@H]2c2nc(-c3ccnc(NS(C)(=O)=O)c3)no2)CC1. The van der Waals surface area contributed by atoms with E-state index in [2.05, 4.69) is 24.7 Å². The van der Waals surface area contributed by atoms with E-state index in [9.17, 15) is 13.2 Å². The molecule has 0 spiro atoms. The van der Waals surface area contributed by atoms with Crippen molar-refractivity contribution in [3.05, 3.63) is 24.2 Å². The van der Waals surface area contributed by atoms with Gasteiger partial charge in [-0.3, -0.25) is 14.4 Å². The second-order valence-corrected chi connectivity index (χ2v) is 9.64. The summed E-state index contributed by atoms with van der Waals surface area (Å²) in [6.07, 6.45) is 6.48. The minimum atomic E-state index is -3.42. The van der Waals surface area contributed by atoms with Gasteiger partial charge in [0.25, 0.3) is 0 Å². The predicted molar refractivity (Wildman–Crippen MR) is 110 cm³/mol. The molecule has 2 aliphatic heterocycles. The van der Waals surface area contributed by atoms with E-state index in [4.69, 9.17) is 4.52 Å². The van der Waals surface area contributed by atoms with Crippen LogP contribution in [0.4, 0.5) is 5.82 Å². The van der Waals surface area contributed by atoms with E-state index in [-0.39, 0.29) is 17.8 Å². The number of pyridine rings is 1. The Balaban J connectivity index is 1.48. The molecule has 0 unspecified atom stereocenters. The van der Waals surface area contributed by atoms with Crippen molar-refractivity contribution in [1.82, 2.24) is 24.9 Å². The first-order chi connectivity index (χ1) is 14.3. The summed E-state index contributed by atoms with van der Waals surface area (Å²) in [6.45, 7) is 4.16. The summed E-state index contributed by atoms with van der Waals surface area (Å²) in [5.74, 6) is 1.32. The van der Waals surface area contributed by atoms with Gasteiger partial charge in [-0.05, 0) is 44.4 Å². The first-order valence-corrected chi connectivity index (χ1v) is 12.0. The summed E-state index contributed by atoms with van der Waals surface area (Å²) in [5, 5.41) is 4.11. The third-order valence-corrected chi connectivity index (χ3v) is 6.29. The van der Waals surface area contributed by atoms with Crippen molar-refractivity contribution in [2.75, 3.05) is 30.6 Å². The molecule has 10 nitrogen and oxygen atoms in total. The lowest BCUT2D eigenvalue weighted by atomic mass is 10.0. The van der Waals surface area contributed by atoms with E-state index >= 15 is 0 Å². The van der Waals surface area contributed by atoms with Gasteiger partial charge in [-0.1, -0.05) is 5.16 Å². The van der Waals surface area contributed by atoms with Gasteiger partial charge in [0.1, 0.15) is 5.82 Å². The van der Waals surface area contributed by atoms with E-state index < -0.39 is 10.0 Å². The fourth-order valence-corrected chi connectivity index (χ4v) is 4.80. The monoisotopic (exact) mass is 434 g/mol. The largest absolute Gasteiger partial charge is 0.343 e. The van der Waals surface area contributed by atoms with Crippen molar-refractivity contribution >= 4 is 21.7 Å². The van der Waals surface area contributed by atoms with Crippen LogP contribution in [0.1, 0.15) is 44.5 Å². The van der Waals surface area contributed by atoms with Gasteiger partial charge in [0.2, 0.25) is 27.6 Å². The number of carbonyl (C=O) groups is 1. The number of sulfonamides is 1. The van der Waals surface area contributed by atoms with Crippen LogP contribution in [0.3, 0.4) is 0 Å². The van der Waals surface area contributed by atoms with Gasteiger partial charge in [-0.15, -0.1) is 0 Å². The van der Waals surface area contributed by atoms with Crippen LogP contribution in [-0.2, 0) is 14.8 Å². The van der Waals surface area contributed by atoms with Gasteiger partial charge in [0, 0.05) is 37.8 Å². The minimum Gasteiger partial charge on any atom is -0.343 e. The van der Waals surface area contributed by atoms with Crippen molar-refractivity contribution in [2.24, 2.45) is 0 Å². The number of anilines is 1. The molecule has 162 valence electrons. The number of hydrogen-bond donors (Lipinski definition) is 1. The third-order valence-electron chi connectivity index (χ3n) is 5.71. The van der Waals surface area contributed by atoms with E-state index in [1.807, 2.05) is 4.90 Å². The number of likely N-dealkylation sites (tertiary alicyclic amines) is 2. The van der Waals surface area contributed by atoms with Crippen molar-refractivity contribution in [2.45, 2.75) is 44.7 Å². The minimum absolute atomic E-state index is 0.0654. The Hall–Kier alpha value is -2.53. The fourth-order valence-electron chi connectivity index (χ4n) is 4.31. The van der Waals surface area contributed by atoms with Crippen LogP contribution in [0.15, 0.2) is 22.9 Å². The van der Waals surface area contributed by atoms with Crippen LogP contribution in [0, 0.1) is 0 Å². The topological polar surface area (TPSA) is 122 Å². The van der Waals surface area contributed by atoms with Crippen molar-refractivity contribution in [3.63, 3.8) is 0 Å². The lowest BCUT2D eigenvalue weighted by molar-refractivity contribution is -0.130. The molecular formula is C19H26N6O4S. The van der Waals surface area contributed by atoms with E-state index in [0.29, 0.717) is 23.3 Å². The van der Waals surface area contributed by atoms with Crippen LogP contribution < -0.4 is 4.72 Å². The second kappa shape index (κ2) is 8.31. The van der Waals surface area contributed by atoms with Crippen LogP contribution in [0.2, 0.25) is 0 Å². The molecule has 0 aliphatic carbocycles. The lowest BCUT2D eigenvalue weighted by Gasteiger charge is -2.38. The number of amides is 1. The molecule has 0 saturated carbocycles. The maximum atomic E-state index is 11.6. The van der Waals surface area contributed by atoms with Crippen LogP contribution >= 0.6 is 0 Å². The Morgan fingerprint density at radius 1 is 1.23 bits per heavy atom. The lowest BCUT2D eigenvalue weighted by Crippen LogP contribution is -2.46. The molecule has 2 aromatic heterocycles. The molecule has 2 aliphatic rings. The van der Waals surface area contributed by atoms with Crippen molar-refractivity contribution in [3.8, 4) is 11.4 Å². The third kappa shape index (κ3) is 4.62. The number of piperidine rings is 1. The van der Waals surface area contributed by atoms with E-state index in [1.165, 1.54) is 6.20 Å². The molecule has 30 heavy (non-hydrogen) atoms. The van der Waals surface area contributed by atoms with Gasteiger partial charge < -0.3 is 9.42 Å². The van der Waals surface area contributed by atoms with Gasteiger partial charge in [-0.2, -0.15) is 4.98 Å². The summed E-state index contributed by atoms with van der Waals surface area (Å²) in [6, 6.07) is 3.76. The van der Waals surface area contributed by atoms with Crippen LogP contribution in [0.5, 0.6) is 0 Å². The molecule has 0 radical (unpaired) electrons. The van der Waals surface area contributed by atoms with Gasteiger partial charge in [-0.25, -0.2) is 13.4 Å². The summed E-state index contributed by atoms with van der Waals surface area (Å²) < 4.78 is 30.8. The number of hydrogen-bond acceptors (Lipinski definition) is 8. The Kier molecular flexibility index (Phi) is 5.74. The highest BCUT2D eigenvalue weighted by molar-refractivity contribution is 7.92. The average Bonchev–Trinajstić information content (AvgIpc) is 3.36. The zero-order valence-electron chi connectivity index (χ0n) is 17.1. The predicted octanol–water partition coefficient (Wildman–Crippen LogP) is 1.65. The molecule has 0 aromatic carbocycles. The molecule has 2 aromatic rings. The Bertz CT molecular complexity index is 1020. The number of carbonyl (C=O) groups excluding carboxylic acids is 1. The maximum Gasteiger partial charge on any atom is 0.244 e. The first-order valence-electron chi connectivity index (χ1n) is 10.1. The second-order valence-electron chi connectivity index (χ2n) is 7.89. The number of rotatable bonds is 5. The number of nitrogens with zero attached hydrogens (tertiary/aromatic N) is 5. The fraction of sp³-hybridized carbons (Fsp3) is 0.579. The Morgan fingerprint density at radius 2 is 2.00 bits per heavy atom. The molecule has 0 bridgehead atoms. The molecule has 11 heteroatoms. The maximum absolute atomic E-state index is 11.6. The molecule has 4 rings (SSSR count). The summed E-state index contributed by atoms with van der Waals surface area (Å²) in [7, 11) is -3.42.